The fourth-order valence-electron chi connectivity index (χ4n) is 2.69. The van der Waals surface area contributed by atoms with Gasteiger partial charge in [0.1, 0.15) is 0 Å². The number of aryl methyl sites for hydroxylation is 1. The first-order chi connectivity index (χ1) is 12.5. The second-order valence-corrected chi connectivity index (χ2v) is 6.09. The van der Waals surface area contributed by atoms with E-state index in [1.807, 2.05) is 32.0 Å². The third-order valence-electron chi connectivity index (χ3n) is 4.38. The fourth-order valence-corrected chi connectivity index (χ4v) is 2.69. The van der Waals surface area contributed by atoms with Crippen molar-refractivity contribution in [3.8, 4) is 11.5 Å². The third kappa shape index (κ3) is 6.58. The van der Waals surface area contributed by atoms with Crippen LogP contribution in [0.5, 0.6) is 11.5 Å². The van der Waals surface area contributed by atoms with Crippen molar-refractivity contribution in [3.63, 3.8) is 0 Å². The molecule has 0 saturated heterocycles. The van der Waals surface area contributed by atoms with Crippen molar-refractivity contribution in [2.45, 2.75) is 52.5 Å². The van der Waals surface area contributed by atoms with E-state index >= 15 is 0 Å². The molecular weight excluding hydrogens is 334 g/mol. The summed E-state index contributed by atoms with van der Waals surface area (Å²) in [6.07, 6.45) is 2.04. The van der Waals surface area contributed by atoms with Crippen LogP contribution >= 0.6 is 0 Å². The largest absolute Gasteiger partial charge is 0.493 e. The van der Waals surface area contributed by atoms with Crippen molar-refractivity contribution in [3.05, 3.63) is 23.8 Å². The molecule has 0 aliphatic rings. The molecular formula is C20H31NO5. The van der Waals surface area contributed by atoms with E-state index in [1.165, 1.54) is 0 Å². The highest BCUT2D eigenvalue weighted by atomic mass is 16.5. The quantitative estimate of drug-likeness (QED) is 0.563. The normalized spacial score (nSPS) is 11.6. The van der Waals surface area contributed by atoms with Gasteiger partial charge in [-0.1, -0.05) is 13.0 Å². The molecule has 26 heavy (non-hydrogen) atoms. The van der Waals surface area contributed by atoms with Gasteiger partial charge in [0.05, 0.1) is 27.2 Å². The Morgan fingerprint density at radius 1 is 1.08 bits per heavy atom. The Hall–Kier alpha value is -2.24. The Balaban J connectivity index is 2.69. The van der Waals surface area contributed by atoms with Gasteiger partial charge in [0.25, 0.3) is 0 Å². The summed E-state index contributed by atoms with van der Waals surface area (Å²) >= 11 is 0. The summed E-state index contributed by atoms with van der Waals surface area (Å²) in [5.41, 5.74) is 1.01. The number of esters is 1. The number of methoxy groups -OCH3 is 2. The zero-order chi connectivity index (χ0) is 19.5. The number of amides is 1. The lowest BCUT2D eigenvalue weighted by atomic mass is 10.1. The lowest BCUT2D eigenvalue weighted by Crippen LogP contribution is -2.40. The number of carbonyl (C=O) groups is 2. The lowest BCUT2D eigenvalue weighted by molar-refractivity contribution is -0.144. The molecule has 6 heteroatoms. The van der Waals surface area contributed by atoms with Crippen LogP contribution in [-0.2, 0) is 20.7 Å². The Bertz CT molecular complexity index is 588. The van der Waals surface area contributed by atoms with Gasteiger partial charge in [0.2, 0.25) is 5.91 Å². The summed E-state index contributed by atoms with van der Waals surface area (Å²) in [6, 6.07) is 5.74. The molecule has 0 spiro atoms. The summed E-state index contributed by atoms with van der Waals surface area (Å²) in [6.45, 7) is 6.55. The number of hydrogen-bond donors (Lipinski definition) is 0. The van der Waals surface area contributed by atoms with E-state index in [0.717, 1.165) is 12.0 Å². The minimum Gasteiger partial charge on any atom is -0.493 e. The van der Waals surface area contributed by atoms with Gasteiger partial charge >= 0.3 is 5.97 Å². The van der Waals surface area contributed by atoms with Crippen LogP contribution < -0.4 is 9.47 Å². The van der Waals surface area contributed by atoms with E-state index in [1.54, 1.807) is 26.0 Å². The van der Waals surface area contributed by atoms with Gasteiger partial charge < -0.3 is 19.1 Å². The fraction of sp³-hybridized carbons (Fsp3) is 0.600. The second-order valence-electron chi connectivity index (χ2n) is 6.09. The van der Waals surface area contributed by atoms with Crippen molar-refractivity contribution in [2.24, 2.45) is 0 Å². The van der Waals surface area contributed by atoms with Crippen molar-refractivity contribution in [1.82, 2.24) is 4.90 Å². The maximum atomic E-state index is 12.7. The summed E-state index contributed by atoms with van der Waals surface area (Å²) in [5, 5.41) is 0. The van der Waals surface area contributed by atoms with Crippen molar-refractivity contribution in [1.29, 1.82) is 0 Å². The summed E-state index contributed by atoms with van der Waals surface area (Å²) < 4.78 is 15.5. The Morgan fingerprint density at radius 3 is 2.35 bits per heavy atom. The van der Waals surface area contributed by atoms with Crippen molar-refractivity contribution < 1.29 is 23.8 Å². The molecule has 0 heterocycles. The topological polar surface area (TPSA) is 65.1 Å². The van der Waals surface area contributed by atoms with E-state index in [2.05, 4.69) is 0 Å². The first-order valence-electron chi connectivity index (χ1n) is 9.12. The predicted octanol–water partition coefficient (Wildman–Crippen LogP) is 3.22. The molecule has 0 aromatic heterocycles. The van der Waals surface area contributed by atoms with Crippen LogP contribution in [0.4, 0.5) is 0 Å². The van der Waals surface area contributed by atoms with E-state index in [0.29, 0.717) is 37.5 Å². The van der Waals surface area contributed by atoms with Crippen molar-refractivity contribution >= 4 is 11.9 Å². The highest BCUT2D eigenvalue weighted by Gasteiger charge is 2.20. The van der Waals surface area contributed by atoms with E-state index in [-0.39, 0.29) is 24.3 Å². The maximum Gasteiger partial charge on any atom is 0.307 e. The minimum atomic E-state index is -0.270. The Kier molecular flexibility index (Phi) is 9.55. The van der Waals surface area contributed by atoms with Gasteiger partial charge in [-0.05, 0) is 44.4 Å². The molecule has 0 aliphatic heterocycles. The second kappa shape index (κ2) is 11.4. The van der Waals surface area contributed by atoms with Gasteiger partial charge in [-0.25, -0.2) is 0 Å². The summed E-state index contributed by atoms with van der Waals surface area (Å²) in [4.78, 5) is 26.1. The Morgan fingerprint density at radius 2 is 1.77 bits per heavy atom. The van der Waals surface area contributed by atoms with Crippen molar-refractivity contribution in [2.75, 3.05) is 27.4 Å². The molecule has 1 amide bonds. The number of ether oxygens (including phenoxy) is 3. The molecule has 0 bridgehead atoms. The maximum absolute atomic E-state index is 12.7. The Labute approximate surface area is 156 Å². The van der Waals surface area contributed by atoms with E-state index in [9.17, 15) is 9.59 Å². The molecule has 1 aromatic rings. The van der Waals surface area contributed by atoms with Gasteiger partial charge in [-0.2, -0.15) is 0 Å². The third-order valence-corrected chi connectivity index (χ3v) is 4.38. The van der Waals surface area contributed by atoms with Crippen LogP contribution in [0.1, 0.15) is 45.6 Å². The molecule has 0 N–H and O–H groups in total. The van der Waals surface area contributed by atoms with Gasteiger partial charge in [0, 0.05) is 19.0 Å². The summed E-state index contributed by atoms with van der Waals surface area (Å²) in [7, 11) is 3.18. The molecule has 146 valence electrons. The number of nitrogens with zero attached hydrogens (tertiary/aromatic N) is 1. The van der Waals surface area contributed by atoms with E-state index in [4.69, 9.17) is 14.2 Å². The van der Waals surface area contributed by atoms with Crippen LogP contribution in [0.3, 0.4) is 0 Å². The summed E-state index contributed by atoms with van der Waals surface area (Å²) in [5.74, 6) is 1.09. The highest BCUT2D eigenvalue weighted by molar-refractivity contribution is 5.78. The smallest absolute Gasteiger partial charge is 0.307 e. The highest BCUT2D eigenvalue weighted by Crippen LogP contribution is 2.28. The van der Waals surface area contributed by atoms with Crippen LogP contribution in [0, 0.1) is 0 Å². The van der Waals surface area contributed by atoms with Gasteiger partial charge in [-0.3, -0.25) is 9.59 Å². The zero-order valence-corrected chi connectivity index (χ0v) is 16.5. The van der Waals surface area contributed by atoms with Crippen LogP contribution in [-0.4, -0.2) is 50.2 Å². The molecule has 0 radical (unpaired) electrons. The molecule has 6 nitrogen and oxygen atoms in total. The number of hydrogen-bond acceptors (Lipinski definition) is 5. The van der Waals surface area contributed by atoms with Gasteiger partial charge in [0.15, 0.2) is 11.5 Å². The molecule has 1 unspecified atom stereocenters. The van der Waals surface area contributed by atoms with Crippen LogP contribution in [0.25, 0.3) is 0 Å². The number of carbonyl (C=O) groups excluding carboxylic acids is 2. The van der Waals surface area contributed by atoms with Gasteiger partial charge in [-0.15, -0.1) is 0 Å². The first-order valence-corrected chi connectivity index (χ1v) is 9.12. The number of benzene rings is 1. The zero-order valence-electron chi connectivity index (χ0n) is 16.5. The molecule has 1 aromatic carbocycles. The monoisotopic (exact) mass is 365 g/mol. The first kappa shape index (κ1) is 21.8. The number of rotatable bonds is 11. The standard InChI is InChI=1S/C20H31NO5/c1-6-15(3)21(13-12-20(23)26-7-2)19(22)11-9-16-8-10-17(24-4)18(14-16)25-5/h8,10,14-15H,6-7,9,11-13H2,1-5H3. The average molecular weight is 365 g/mol. The molecule has 1 rings (SSSR count). The SMILES string of the molecule is CCOC(=O)CCN(C(=O)CCc1ccc(OC)c(OC)c1)C(C)CC. The molecule has 0 fully saturated rings. The van der Waals surface area contributed by atoms with Crippen LogP contribution in [0.15, 0.2) is 18.2 Å². The predicted molar refractivity (Wildman–Crippen MR) is 101 cm³/mol. The molecule has 1 atom stereocenters. The average Bonchev–Trinajstić information content (AvgIpc) is 2.65. The molecule has 0 saturated carbocycles. The lowest BCUT2D eigenvalue weighted by Gasteiger charge is -2.28. The van der Waals surface area contributed by atoms with E-state index < -0.39 is 0 Å². The minimum absolute atomic E-state index is 0.0402. The molecule has 0 aliphatic carbocycles. The van der Waals surface area contributed by atoms with Crippen LogP contribution in [0.2, 0.25) is 0 Å².